The second-order valence-corrected chi connectivity index (χ2v) is 8.77. The number of carbonyl (C=O) groups is 1. The van der Waals surface area contributed by atoms with Crippen LogP contribution in [0.25, 0.3) is 0 Å². The predicted molar refractivity (Wildman–Crippen MR) is 111 cm³/mol. The normalized spacial score (nSPS) is 27.2. The summed E-state index contributed by atoms with van der Waals surface area (Å²) in [4.78, 5) is 10.9. The van der Waals surface area contributed by atoms with Crippen LogP contribution in [0.15, 0.2) is 28.8 Å². The van der Waals surface area contributed by atoms with Crippen LogP contribution in [-0.2, 0) is 11.2 Å². The molecule has 1 saturated carbocycles. The molecule has 5 nitrogen and oxygen atoms in total. The van der Waals surface area contributed by atoms with Crippen LogP contribution in [0.3, 0.4) is 0 Å². The number of carboxylic acids is 1. The summed E-state index contributed by atoms with van der Waals surface area (Å²) in [5.41, 5.74) is 1.94. The molecule has 6 heteroatoms. The average molecular weight is 453 g/mol. The summed E-state index contributed by atoms with van der Waals surface area (Å²) in [6, 6.07) is 5.86. The molecule has 0 radical (unpaired) electrons. The van der Waals surface area contributed by atoms with Crippen molar-refractivity contribution in [1.29, 1.82) is 0 Å². The van der Waals surface area contributed by atoms with Gasteiger partial charge in [-0.05, 0) is 18.4 Å². The molecule has 154 valence electrons. The fraction of sp³-hybridized carbons (Fsp3) is 0.591. The van der Waals surface area contributed by atoms with E-state index in [1.807, 2.05) is 24.3 Å². The Labute approximate surface area is 174 Å². The van der Waals surface area contributed by atoms with Gasteiger partial charge in [-0.2, -0.15) is 0 Å². The molecule has 2 aliphatic rings. The Hall–Kier alpha value is -1.37. The van der Waals surface area contributed by atoms with Crippen molar-refractivity contribution in [3.8, 4) is 5.75 Å². The van der Waals surface area contributed by atoms with E-state index in [-0.39, 0.29) is 24.4 Å². The Bertz CT molecular complexity index is 732. The quantitative estimate of drug-likeness (QED) is 0.489. The summed E-state index contributed by atoms with van der Waals surface area (Å²) in [6.07, 6.45) is 5.66. The zero-order valence-corrected chi connectivity index (χ0v) is 17.8. The minimum Gasteiger partial charge on any atom is -0.489 e. The van der Waals surface area contributed by atoms with Gasteiger partial charge in [-0.25, -0.2) is 0 Å². The molecule has 0 bridgehead atoms. The van der Waals surface area contributed by atoms with Gasteiger partial charge in [-0.3, -0.25) is 4.79 Å². The zero-order valence-electron chi connectivity index (χ0n) is 16.2. The van der Waals surface area contributed by atoms with Crippen molar-refractivity contribution in [3.05, 3.63) is 39.9 Å². The third kappa shape index (κ3) is 4.61. The van der Waals surface area contributed by atoms with Crippen molar-refractivity contribution in [2.75, 3.05) is 0 Å². The summed E-state index contributed by atoms with van der Waals surface area (Å²) in [5.74, 6) is -0.168. The monoisotopic (exact) mass is 452 g/mol. The molecule has 0 saturated heterocycles. The SMILES string of the molecule is CCCCC[C@H](O)/C(Br)=C/[C@@H]1[C@H]2c3cccc(CCC(=O)O)c3O[C@H]2C[C@H]1O. The highest BCUT2D eigenvalue weighted by atomic mass is 79.9. The lowest BCUT2D eigenvalue weighted by atomic mass is 9.86. The van der Waals surface area contributed by atoms with Crippen molar-refractivity contribution in [1.82, 2.24) is 0 Å². The topological polar surface area (TPSA) is 87.0 Å². The number of benzene rings is 1. The second-order valence-electron chi connectivity index (χ2n) is 7.85. The largest absolute Gasteiger partial charge is 0.489 e. The molecule has 1 aliphatic heterocycles. The van der Waals surface area contributed by atoms with Crippen LogP contribution in [0.4, 0.5) is 0 Å². The first-order valence-electron chi connectivity index (χ1n) is 10.2. The standard InChI is InChI=1S/C22H29BrO5/c1-2-3-4-8-17(24)16(23)11-15-18(25)12-19-21(15)14-7-5-6-13(22(14)28-19)9-10-20(26)27/h5-7,11,15,17-19,21,24-25H,2-4,8-10,12H2,1H3,(H,26,27)/b16-11-/t15-,17-,18+,19-,21+/m0/s1. The van der Waals surface area contributed by atoms with Crippen LogP contribution in [0, 0.1) is 5.92 Å². The van der Waals surface area contributed by atoms with Crippen molar-refractivity contribution in [3.63, 3.8) is 0 Å². The Morgan fingerprint density at radius 1 is 1.39 bits per heavy atom. The van der Waals surface area contributed by atoms with Crippen molar-refractivity contribution >= 4 is 21.9 Å². The molecule has 0 unspecified atom stereocenters. The Morgan fingerprint density at radius 2 is 2.18 bits per heavy atom. The first-order valence-corrected chi connectivity index (χ1v) is 10.9. The fourth-order valence-electron chi connectivity index (χ4n) is 4.39. The molecule has 5 atom stereocenters. The molecular formula is C22H29BrO5. The highest BCUT2D eigenvalue weighted by Gasteiger charge is 2.49. The van der Waals surface area contributed by atoms with Crippen molar-refractivity contribution in [2.45, 2.75) is 76.1 Å². The van der Waals surface area contributed by atoms with E-state index in [0.717, 1.165) is 40.6 Å². The lowest BCUT2D eigenvalue weighted by Gasteiger charge is -2.19. The summed E-state index contributed by atoms with van der Waals surface area (Å²) in [6.45, 7) is 2.13. The van der Waals surface area contributed by atoms with Gasteiger partial charge < -0.3 is 20.1 Å². The smallest absolute Gasteiger partial charge is 0.303 e. The van der Waals surface area contributed by atoms with Crippen molar-refractivity contribution in [2.24, 2.45) is 5.92 Å². The number of carboxylic acid groups (broad SMARTS) is 1. The molecule has 1 aromatic carbocycles. The molecule has 1 heterocycles. The number of aliphatic hydroxyl groups excluding tert-OH is 2. The molecular weight excluding hydrogens is 424 g/mol. The van der Waals surface area contributed by atoms with Crippen LogP contribution in [0.5, 0.6) is 5.75 Å². The van der Waals surface area contributed by atoms with Crippen LogP contribution in [0.2, 0.25) is 0 Å². The van der Waals surface area contributed by atoms with Crippen LogP contribution < -0.4 is 4.74 Å². The Morgan fingerprint density at radius 3 is 2.89 bits per heavy atom. The number of hydrogen-bond acceptors (Lipinski definition) is 4. The molecule has 0 amide bonds. The first-order chi connectivity index (χ1) is 13.4. The predicted octanol–water partition coefficient (Wildman–Crippen LogP) is 4.15. The van der Waals surface area contributed by atoms with E-state index >= 15 is 0 Å². The molecule has 1 aliphatic carbocycles. The van der Waals surface area contributed by atoms with E-state index in [1.165, 1.54) is 0 Å². The highest BCUT2D eigenvalue weighted by molar-refractivity contribution is 9.11. The van der Waals surface area contributed by atoms with Crippen LogP contribution >= 0.6 is 15.9 Å². The number of unbranched alkanes of at least 4 members (excludes halogenated alkanes) is 2. The van der Waals surface area contributed by atoms with Gasteiger partial charge in [0, 0.05) is 34.7 Å². The molecule has 28 heavy (non-hydrogen) atoms. The Balaban J connectivity index is 1.79. The van der Waals surface area contributed by atoms with Gasteiger partial charge in [0.25, 0.3) is 0 Å². The highest BCUT2D eigenvalue weighted by Crippen LogP contribution is 2.52. The van der Waals surface area contributed by atoms with E-state index in [0.29, 0.717) is 19.3 Å². The number of aliphatic carboxylic acids is 1. The van der Waals surface area contributed by atoms with Gasteiger partial charge in [0.05, 0.1) is 12.2 Å². The van der Waals surface area contributed by atoms with Gasteiger partial charge in [-0.15, -0.1) is 0 Å². The number of rotatable bonds is 9. The lowest BCUT2D eigenvalue weighted by Crippen LogP contribution is -2.18. The van der Waals surface area contributed by atoms with E-state index in [2.05, 4.69) is 22.9 Å². The molecule has 3 N–H and O–H groups in total. The average Bonchev–Trinajstić information content (AvgIpc) is 3.16. The number of para-hydroxylation sites is 1. The third-order valence-electron chi connectivity index (χ3n) is 5.85. The van der Waals surface area contributed by atoms with Crippen LogP contribution in [-0.4, -0.2) is 39.6 Å². The van der Waals surface area contributed by atoms with Crippen LogP contribution in [0.1, 0.15) is 62.5 Å². The number of fused-ring (bicyclic) bond motifs is 3. The third-order valence-corrected chi connectivity index (χ3v) is 6.64. The minimum atomic E-state index is -0.826. The molecule has 3 rings (SSSR count). The van der Waals surface area contributed by atoms with E-state index in [9.17, 15) is 15.0 Å². The summed E-state index contributed by atoms with van der Waals surface area (Å²) < 4.78 is 6.88. The van der Waals surface area contributed by atoms with E-state index < -0.39 is 18.2 Å². The van der Waals surface area contributed by atoms with Gasteiger partial charge >= 0.3 is 5.97 Å². The summed E-state index contributed by atoms with van der Waals surface area (Å²) in [5, 5.41) is 30.0. The van der Waals surface area contributed by atoms with E-state index in [1.54, 1.807) is 0 Å². The van der Waals surface area contributed by atoms with Crippen molar-refractivity contribution < 1.29 is 24.9 Å². The second kappa shape index (κ2) is 9.42. The minimum absolute atomic E-state index is 0.0187. The number of hydrogen-bond donors (Lipinski definition) is 3. The summed E-state index contributed by atoms with van der Waals surface area (Å²) >= 11 is 3.52. The maximum absolute atomic E-state index is 10.9. The van der Waals surface area contributed by atoms with Gasteiger partial charge in [0.1, 0.15) is 11.9 Å². The maximum Gasteiger partial charge on any atom is 0.303 e. The number of halogens is 1. The maximum atomic E-state index is 10.9. The zero-order chi connectivity index (χ0) is 20.3. The molecule has 1 fully saturated rings. The van der Waals surface area contributed by atoms with Gasteiger partial charge in [0.2, 0.25) is 0 Å². The summed E-state index contributed by atoms with van der Waals surface area (Å²) in [7, 11) is 0. The van der Waals surface area contributed by atoms with Gasteiger partial charge in [0.15, 0.2) is 0 Å². The lowest BCUT2D eigenvalue weighted by molar-refractivity contribution is -0.136. The molecule has 0 spiro atoms. The number of aryl methyl sites for hydroxylation is 1. The number of ether oxygens (including phenoxy) is 1. The number of aliphatic hydroxyl groups is 2. The molecule has 1 aromatic rings. The Kier molecular flexibility index (Phi) is 7.18. The van der Waals surface area contributed by atoms with E-state index in [4.69, 9.17) is 9.84 Å². The fourth-order valence-corrected chi connectivity index (χ4v) is 4.93. The molecule has 0 aromatic heterocycles. The first kappa shape index (κ1) is 21.3. The van der Waals surface area contributed by atoms with Gasteiger partial charge in [-0.1, -0.05) is 66.4 Å².